The topological polar surface area (TPSA) is 58.4 Å². The molecule has 0 spiro atoms. The molecule has 1 aromatic heterocycles. The van der Waals surface area contributed by atoms with Gasteiger partial charge in [-0.1, -0.05) is 17.7 Å². The molecule has 0 N–H and O–H groups in total. The van der Waals surface area contributed by atoms with Gasteiger partial charge in [0.1, 0.15) is 0 Å². The van der Waals surface area contributed by atoms with Crippen LogP contribution < -0.4 is 0 Å². The van der Waals surface area contributed by atoms with Crippen LogP contribution in [0.4, 0.5) is 0 Å². The smallest absolute Gasteiger partial charge is 0.153 e. The van der Waals surface area contributed by atoms with Crippen molar-refractivity contribution in [3.05, 3.63) is 47.8 Å². The molecule has 0 bridgehead atoms. The lowest BCUT2D eigenvalue weighted by Crippen LogP contribution is -2.57. The lowest BCUT2D eigenvalue weighted by Gasteiger charge is -2.42. The van der Waals surface area contributed by atoms with Gasteiger partial charge in [0, 0.05) is 43.5 Å². The first-order chi connectivity index (χ1) is 11.9. The Morgan fingerprint density at radius 2 is 1.84 bits per heavy atom. The fourth-order valence-electron chi connectivity index (χ4n) is 3.91. The fourth-order valence-corrected chi connectivity index (χ4v) is 6.00. The first-order valence-corrected chi connectivity index (χ1v) is 10.5. The third-order valence-electron chi connectivity index (χ3n) is 5.39. The van der Waals surface area contributed by atoms with Crippen molar-refractivity contribution in [2.45, 2.75) is 25.6 Å². The monoisotopic (exact) mass is 360 g/mol. The van der Waals surface area contributed by atoms with Crippen LogP contribution in [0.5, 0.6) is 0 Å². The first kappa shape index (κ1) is 16.8. The highest BCUT2D eigenvalue weighted by Crippen LogP contribution is 2.27. The maximum absolute atomic E-state index is 12.1. The summed E-state index contributed by atoms with van der Waals surface area (Å²) in [5.41, 5.74) is 3.38. The van der Waals surface area contributed by atoms with E-state index in [2.05, 4.69) is 46.1 Å². The van der Waals surface area contributed by atoms with Gasteiger partial charge in [0.25, 0.3) is 0 Å². The maximum atomic E-state index is 12.1. The SMILES string of the molecule is Cc1ccc(-n2cc(CN3CCN(C)C4CS(=O)(=O)CC43)cn2)cc1. The summed E-state index contributed by atoms with van der Waals surface area (Å²) in [6.45, 7) is 4.61. The summed E-state index contributed by atoms with van der Waals surface area (Å²) in [4.78, 5) is 4.51. The van der Waals surface area contributed by atoms with E-state index in [0.29, 0.717) is 0 Å². The number of aromatic nitrogens is 2. The van der Waals surface area contributed by atoms with Crippen LogP contribution in [0, 0.1) is 6.92 Å². The number of aryl methyl sites for hydroxylation is 1. The molecule has 3 heterocycles. The number of piperazine rings is 1. The Bertz CT molecular complexity index is 859. The van der Waals surface area contributed by atoms with Crippen molar-refractivity contribution in [3.8, 4) is 5.69 Å². The van der Waals surface area contributed by atoms with E-state index in [-0.39, 0.29) is 23.6 Å². The van der Waals surface area contributed by atoms with Crippen LogP contribution in [-0.2, 0) is 16.4 Å². The van der Waals surface area contributed by atoms with E-state index in [4.69, 9.17) is 0 Å². The second-order valence-corrected chi connectivity index (χ2v) is 9.45. The first-order valence-electron chi connectivity index (χ1n) is 8.67. The summed E-state index contributed by atoms with van der Waals surface area (Å²) in [6, 6.07) is 8.47. The molecule has 2 saturated heterocycles. The van der Waals surface area contributed by atoms with E-state index in [9.17, 15) is 8.42 Å². The van der Waals surface area contributed by atoms with Gasteiger partial charge in [-0.15, -0.1) is 0 Å². The van der Waals surface area contributed by atoms with E-state index < -0.39 is 9.84 Å². The zero-order chi connectivity index (χ0) is 17.6. The zero-order valence-corrected chi connectivity index (χ0v) is 15.5. The zero-order valence-electron chi connectivity index (χ0n) is 14.7. The van der Waals surface area contributed by atoms with E-state index in [1.807, 2.05) is 24.1 Å². The quantitative estimate of drug-likeness (QED) is 0.820. The summed E-state index contributed by atoms with van der Waals surface area (Å²) in [5.74, 6) is 0.557. The van der Waals surface area contributed by atoms with Gasteiger partial charge in [0.15, 0.2) is 9.84 Å². The van der Waals surface area contributed by atoms with Gasteiger partial charge in [0.2, 0.25) is 0 Å². The minimum Gasteiger partial charge on any atom is -0.300 e. The van der Waals surface area contributed by atoms with Crippen LogP contribution >= 0.6 is 0 Å². The molecule has 134 valence electrons. The van der Waals surface area contributed by atoms with Gasteiger partial charge < -0.3 is 0 Å². The Hall–Kier alpha value is -1.70. The fraction of sp³-hybridized carbons (Fsp3) is 0.500. The molecule has 25 heavy (non-hydrogen) atoms. The van der Waals surface area contributed by atoms with Crippen LogP contribution in [0.25, 0.3) is 5.69 Å². The van der Waals surface area contributed by atoms with Crippen LogP contribution in [-0.4, -0.2) is 71.7 Å². The largest absolute Gasteiger partial charge is 0.300 e. The Morgan fingerprint density at radius 3 is 2.60 bits per heavy atom. The molecule has 6 nitrogen and oxygen atoms in total. The highest BCUT2D eigenvalue weighted by atomic mass is 32.2. The van der Waals surface area contributed by atoms with Crippen LogP contribution in [0.2, 0.25) is 0 Å². The Labute approximate surface area is 149 Å². The molecule has 0 aliphatic carbocycles. The van der Waals surface area contributed by atoms with E-state index in [1.165, 1.54) is 5.56 Å². The second-order valence-electron chi connectivity index (χ2n) is 7.29. The molecule has 2 atom stereocenters. The van der Waals surface area contributed by atoms with E-state index in [0.717, 1.165) is 30.9 Å². The second kappa shape index (κ2) is 6.23. The molecule has 2 aliphatic heterocycles. The Kier molecular flexibility index (Phi) is 4.17. The van der Waals surface area contributed by atoms with Crippen molar-refractivity contribution in [1.82, 2.24) is 19.6 Å². The Morgan fingerprint density at radius 1 is 1.12 bits per heavy atom. The van der Waals surface area contributed by atoms with Crippen LogP contribution in [0.1, 0.15) is 11.1 Å². The van der Waals surface area contributed by atoms with Gasteiger partial charge in [-0.25, -0.2) is 13.1 Å². The predicted molar refractivity (Wildman–Crippen MR) is 97.6 cm³/mol. The van der Waals surface area contributed by atoms with E-state index >= 15 is 0 Å². The summed E-state index contributed by atoms with van der Waals surface area (Å²) in [7, 11) is -0.900. The number of rotatable bonds is 3. The molecule has 2 unspecified atom stereocenters. The normalized spacial score (nSPS) is 26.6. The van der Waals surface area contributed by atoms with E-state index in [1.54, 1.807) is 0 Å². The maximum Gasteiger partial charge on any atom is 0.153 e. The van der Waals surface area contributed by atoms with Gasteiger partial charge in [-0.2, -0.15) is 5.10 Å². The minimum atomic E-state index is -2.93. The summed E-state index contributed by atoms with van der Waals surface area (Å²) in [6.07, 6.45) is 3.93. The average Bonchev–Trinajstić information content (AvgIpc) is 3.15. The number of benzene rings is 1. The molecule has 0 radical (unpaired) electrons. The predicted octanol–water partition coefficient (Wildman–Crippen LogP) is 1.09. The third-order valence-corrected chi connectivity index (χ3v) is 7.09. The molecule has 2 aromatic rings. The lowest BCUT2D eigenvalue weighted by atomic mass is 10.1. The Balaban J connectivity index is 1.51. The standard InChI is InChI=1S/C18H24N4O2S/c1-14-3-5-16(6-4-14)22-11-15(9-19-22)10-21-8-7-20(2)17-12-25(23,24)13-18(17)21/h3-6,9,11,17-18H,7-8,10,12-13H2,1-2H3. The number of fused-ring (bicyclic) bond motifs is 1. The van der Waals surface area contributed by atoms with Gasteiger partial charge in [-0.05, 0) is 26.1 Å². The van der Waals surface area contributed by atoms with Crippen molar-refractivity contribution in [3.63, 3.8) is 0 Å². The number of hydrogen-bond donors (Lipinski definition) is 0. The van der Waals surface area contributed by atoms with Crippen molar-refractivity contribution in [2.24, 2.45) is 0 Å². The molecule has 0 amide bonds. The number of hydrogen-bond acceptors (Lipinski definition) is 5. The highest BCUT2D eigenvalue weighted by molar-refractivity contribution is 7.91. The summed E-state index contributed by atoms with van der Waals surface area (Å²) < 4.78 is 26.1. The molecule has 2 fully saturated rings. The highest BCUT2D eigenvalue weighted by Gasteiger charge is 2.45. The number of likely N-dealkylation sites (N-methyl/N-ethyl adjacent to an activating group) is 1. The van der Waals surface area contributed by atoms with Crippen molar-refractivity contribution in [2.75, 3.05) is 31.6 Å². The third kappa shape index (κ3) is 3.36. The van der Waals surface area contributed by atoms with Crippen LogP contribution in [0.15, 0.2) is 36.7 Å². The molecule has 1 aromatic carbocycles. The minimum absolute atomic E-state index is 0.0893. The molecule has 2 aliphatic rings. The van der Waals surface area contributed by atoms with Crippen LogP contribution in [0.3, 0.4) is 0 Å². The van der Waals surface area contributed by atoms with Gasteiger partial charge in [0.05, 0.1) is 23.4 Å². The molecular weight excluding hydrogens is 336 g/mol. The molecule has 4 rings (SSSR count). The average molecular weight is 360 g/mol. The van der Waals surface area contributed by atoms with Crippen molar-refractivity contribution >= 4 is 9.84 Å². The van der Waals surface area contributed by atoms with Crippen molar-refractivity contribution < 1.29 is 8.42 Å². The number of sulfone groups is 1. The van der Waals surface area contributed by atoms with Crippen molar-refractivity contribution in [1.29, 1.82) is 0 Å². The lowest BCUT2D eigenvalue weighted by molar-refractivity contribution is 0.0573. The van der Waals surface area contributed by atoms with Gasteiger partial charge in [-0.3, -0.25) is 9.80 Å². The molecular formula is C18H24N4O2S. The summed E-state index contributed by atoms with van der Waals surface area (Å²) >= 11 is 0. The summed E-state index contributed by atoms with van der Waals surface area (Å²) in [5, 5.41) is 4.47. The molecule has 0 saturated carbocycles. The van der Waals surface area contributed by atoms with Gasteiger partial charge >= 0.3 is 0 Å². The molecule has 7 heteroatoms. The number of nitrogens with zero attached hydrogens (tertiary/aromatic N) is 4.